The van der Waals surface area contributed by atoms with Gasteiger partial charge in [0.25, 0.3) is 0 Å². The third kappa shape index (κ3) is 5.59. The predicted octanol–water partition coefficient (Wildman–Crippen LogP) is 5.16. The number of benzene rings is 2. The number of methoxy groups -OCH3 is 1. The fourth-order valence-electron chi connectivity index (χ4n) is 3.09. The second kappa shape index (κ2) is 9.93. The largest absolute Gasteiger partial charge is 0.465 e. The fraction of sp³-hybridized carbons (Fsp3) is 0.391. The summed E-state index contributed by atoms with van der Waals surface area (Å²) in [5.74, 6) is 0.237. The van der Waals surface area contributed by atoms with E-state index in [4.69, 9.17) is 4.74 Å². The Hall–Kier alpha value is -2.82. The molecule has 0 unspecified atom stereocenters. The van der Waals surface area contributed by atoms with E-state index in [2.05, 4.69) is 56.5 Å². The number of carbonyl (C=O) groups is 2. The van der Waals surface area contributed by atoms with Crippen LogP contribution in [-0.4, -0.2) is 25.5 Å². The van der Waals surface area contributed by atoms with Crippen molar-refractivity contribution in [1.29, 1.82) is 0 Å². The molecule has 0 saturated carbocycles. The van der Waals surface area contributed by atoms with Gasteiger partial charge in [0.2, 0.25) is 5.91 Å². The fourth-order valence-corrected chi connectivity index (χ4v) is 3.09. The van der Waals surface area contributed by atoms with Crippen molar-refractivity contribution >= 4 is 23.3 Å². The van der Waals surface area contributed by atoms with E-state index in [0.29, 0.717) is 30.4 Å². The van der Waals surface area contributed by atoms with Crippen molar-refractivity contribution in [1.82, 2.24) is 0 Å². The third-order valence-electron chi connectivity index (χ3n) is 4.60. The highest BCUT2D eigenvalue weighted by Crippen LogP contribution is 2.32. The van der Waals surface area contributed by atoms with E-state index >= 15 is 0 Å². The minimum Gasteiger partial charge on any atom is -0.465 e. The van der Waals surface area contributed by atoms with Gasteiger partial charge in [-0.25, -0.2) is 4.79 Å². The van der Waals surface area contributed by atoms with Crippen molar-refractivity contribution in [2.24, 2.45) is 0 Å². The van der Waals surface area contributed by atoms with Gasteiger partial charge >= 0.3 is 5.97 Å². The molecule has 2 aromatic rings. The van der Waals surface area contributed by atoms with Gasteiger partial charge in [0.05, 0.1) is 12.7 Å². The van der Waals surface area contributed by atoms with Crippen LogP contribution >= 0.6 is 0 Å². The lowest BCUT2D eigenvalue weighted by Gasteiger charge is -2.20. The van der Waals surface area contributed by atoms with E-state index in [1.807, 2.05) is 6.07 Å². The van der Waals surface area contributed by atoms with Gasteiger partial charge in [0.15, 0.2) is 0 Å². The summed E-state index contributed by atoms with van der Waals surface area (Å²) >= 11 is 0. The lowest BCUT2D eigenvalue weighted by Crippen LogP contribution is -2.19. The quantitative estimate of drug-likeness (QED) is 0.619. The molecule has 0 fully saturated rings. The average molecular weight is 383 g/mol. The first kappa shape index (κ1) is 21.5. The van der Waals surface area contributed by atoms with Crippen LogP contribution in [0.4, 0.5) is 11.4 Å². The number of hydrogen-bond donors (Lipinski definition) is 2. The molecule has 2 rings (SSSR count). The van der Waals surface area contributed by atoms with E-state index in [0.717, 1.165) is 22.5 Å². The van der Waals surface area contributed by atoms with Gasteiger partial charge in [0, 0.05) is 24.3 Å². The number of anilines is 2. The summed E-state index contributed by atoms with van der Waals surface area (Å²) in [4.78, 5) is 24.2. The summed E-state index contributed by atoms with van der Waals surface area (Å²) in [6.45, 7) is 8.99. The molecular formula is C23H30N2O3. The molecule has 5 nitrogen and oxygen atoms in total. The number of esters is 1. The first-order valence-electron chi connectivity index (χ1n) is 9.68. The van der Waals surface area contributed by atoms with Crippen molar-refractivity contribution in [2.45, 2.75) is 46.0 Å². The first-order valence-corrected chi connectivity index (χ1v) is 9.68. The zero-order valence-corrected chi connectivity index (χ0v) is 17.3. The van der Waals surface area contributed by atoms with Crippen LogP contribution in [0.2, 0.25) is 0 Å². The second-order valence-corrected chi connectivity index (χ2v) is 7.42. The topological polar surface area (TPSA) is 67.4 Å². The van der Waals surface area contributed by atoms with Gasteiger partial charge in [-0.15, -0.1) is 0 Å². The Morgan fingerprint density at radius 1 is 0.964 bits per heavy atom. The zero-order chi connectivity index (χ0) is 20.7. The van der Waals surface area contributed by atoms with Crippen LogP contribution < -0.4 is 10.6 Å². The van der Waals surface area contributed by atoms with E-state index in [-0.39, 0.29) is 11.9 Å². The molecule has 0 radical (unpaired) electrons. The number of amides is 1. The smallest absolute Gasteiger partial charge is 0.337 e. The number of ether oxygens (including phenoxy) is 1. The highest BCUT2D eigenvalue weighted by atomic mass is 16.5. The standard InChI is InChI=1S/C23H30N2O3/c1-15(2)19-10-7-11-20(16(3)4)22(19)25-21(26)12-13-24-18-9-6-8-17(14-18)23(27)28-5/h6-11,14-16,24H,12-13H2,1-5H3,(H,25,26). The monoisotopic (exact) mass is 382 g/mol. The normalized spacial score (nSPS) is 10.8. The van der Waals surface area contributed by atoms with Crippen LogP contribution in [0.25, 0.3) is 0 Å². The molecule has 150 valence electrons. The van der Waals surface area contributed by atoms with E-state index in [1.54, 1.807) is 18.2 Å². The van der Waals surface area contributed by atoms with Crippen molar-refractivity contribution in [3.63, 3.8) is 0 Å². The minimum atomic E-state index is -0.382. The molecule has 28 heavy (non-hydrogen) atoms. The molecule has 0 heterocycles. The second-order valence-electron chi connectivity index (χ2n) is 7.42. The maximum absolute atomic E-state index is 12.5. The summed E-state index contributed by atoms with van der Waals surface area (Å²) in [6, 6.07) is 13.2. The summed E-state index contributed by atoms with van der Waals surface area (Å²) in [6.07, 6.45) is 0.326. The van der Waals surface area contributed by atoms with E-state index in [1.165, 1.54) is 7.11 Å². The maximum atomic E-state index is 12.5. The molecule has 2 N–H and O–H groups in total. The molecule has 0 aliphatic rings. The Labute approximate surface area is 167 Å². The highest BCUT2D eigenvalue weighted by molar-refractivity contribution is 5.93. The lowest BCUT2D eigenvalue weighted by molar-refractivity contribution is -0.116. The summed E-state index contributed by atoms with van der Waals surface area (Å²) in [5.41, 5.74) is 4.49. The number of nitrogens with one attached hydrogen (secondary N) is 2. The summed E-state index contributed by atoms with van der Waals surface area (Å²) < 4.78 is 4.73. The molecule has 2 aromatic carbocycles. The molecule has 0 atom stereocenters. The number of hydrogen-bond acceptors (Lipinski definition) is 4. The van der Waals surface area contributed by atoms with Crippen molar-refractivity contribution < 1.29 is 14.3 Å². The predicted molar refractivity (Wildman–Crippen MR) is 114 cm³/mol. The SMILES string of the molecule is COC(=O)c1cccc(NCCC(=O)Nc2c(C(C)C)cccc2C(C)C)c1. The third-order valence-corrected chi connectivity index (χ3v) is 4.60. The van der Waals surface area contributed by atoms with Gasteiger partial charge in [-0.2, -0.15) is 0 Å². The Balaban J connectivity index is 2.01. The summed E-state index contributed by atoms with van der Waals surface area (Å²) in [5, 5.41) is 6.30. The number of para-hydroxylation sites is 1. The van der Waals surface area contributed by atoms with Gasteiger partial charge in [-0.05, 0) is 41.2 Å². The van der Waals surface area contributed by atoms with Gasteiger partial charge in [-0.3, -0.25) is 4.79 Å². The molecule has 0 aromatic heterocycles. The molecule has 1 amide bonds. The van der Waals surface area contributed by atoms with Crippen molar-refractivity contribution in [3.05, 3.63) is 59.2 Å². The van der Waals surface area contributed by atoms with Gasteiger partial charge < -0.3 is 15.4 Å². The zero-order valence-electron chi connectivity index (χ0n) is 17.3. The van der Waals surface area contributed by atoms with Crippen molar-refractivity contribution in [3.8, 4) is 0 Å². The minimum absolute atomic E-state index is 0.0355. The molecule has 0 saturated heterocycles. The van der Waals surface area contributed by atoms with Crippen LogP contribution in [-0.2, 0) is 9.53 Å². The molecule has 5 heteroatoms. The Morgan fingerprint density at radius 2 is 1.57 bits per heavy atom. The molecule has 0 aliphatic heterocycles. The van der Waals surface area contributed by atoms with Crippen LogP contribution in [0.1, 0.15) is 67.4 Å². The van der Waals surface area contributed by atoms with E-state index < -0.39 is 0 Å². The molecule has 0 aliphatic carbocycles. The lowest BCUT2D eigenvalue weighted by atomic mass is 9.92. The molecular weight excluding hydrogens is 352 g/mol. The van der Waals surface area contributed by atoms with E-state index in [9.17, 15) is 9.59 Å². The highest BCUT2D eigenvalue weighted by Gasteiger charge is 2.15. The Morgan fingerprint density at radius 3 is 2.14 bits per heavy atom. The first-order chi connectivity index (χ1) is 13.3. The average Bonchev–Trinajstić information content (AvgIpc) is 2.67. The Bertz CT molecular complexity index is 802. The molecule has 0 bridgehead atoms. The maximum Gasteiger partial charge on any atom is 0.337 e. The summed E-state index contributed by atoms with van der Waals surface area (Å²) in [7, 11) is 1.35. The number of rotatable bonds is 8. The van der Waals surface area contributed by atoms with Gasteiger partial charge in [0.1, 0.15) is 0 Å². The molecule has 0 spiro atoms. The van der Waals surface area contributed by atoms with Crippen molar-refractivity contribution in [2.75, 3.05) is 24.3 Å². The van der Waals surface area contributed by atoms with Crippen LogP contribution in [0.5, 0.6) is 0 Å². The van der Waals surface area contributed by atoms with Crippen LogP contribution in [0.3, 0.4) is 0 Å². The van der Waals surface area contributed by atoms with Crippen LogP contribution in [0, 0.1) is 0 Å². The Kier molecular flexibility index (Phi) is 7.61. The van der Waals surface area contributed by atoms with Gasteiger partial charge in [-0.1, -0.05) is 52.0 Å². The van der Waals surface area contributed by atoms with Crippen LogP contribution in [0.15, 0.2) is 42.5 Å². The number of carbonyl (C=O) groups excluding carboxylic acids is 2.